The molecule has 9 aromatic rings. The topological polar surface area (TPSA) is 57.6 Å². The SMILES string of the molecule is CC(C)(C)c1cc(Oc2ccc3c4cc(C(C)(C)C)ccc4n(-c4cc(C(C)(c5ccccc5)c5ccccc5)ccn4)c3c2)cc(N2CN(c3c(/C4=C/C=C\N/C=C\C=C/[B]4)cccc3/C3=C/C=C\N/C=C\C=C/[B]3)c3ccccc32)c1. The zero-order chi connectivity index (χ0) is 57.1. The van der Waals surface area contributed by atoms with E-state index < -0.39 is 5.41 Å². The molecule has 0 saturated carbocycles. The summed E-state index contributed by atoms with van der Waals surface area (Å²) in [5.41, 5.74) is 16.1. The molecule has 2 radical (unpaired) electrons. The summed E-state index contributed by atoms with van der Waals surface area (Å²) in [6, 6.07) is 61.7. The van der Waals surface area contributed by atoms with Crippen LogP contribution in [0.2, 0.25) is 0 Å². The summed E-state index contributed by atoms with van der Waals surface area (Å²) >= 11 is 0. The average molecular weight is 1080 g/mol. The summed E-state index contributed by atoms with van der Waals surface area (Å²) in [5.74, 6) is 6.54. The van der Waals surface area contributed by atoms with Crippen LogP contribution in [0.4, 0.5) is 22.7 Å². The highest BCUT2D eigenvalue weighted by molar-refractivity contribution is 6.67. The first-order chi connectivity index (χ1) is 40.3. The summed E-state index contributed by atoms with van der Waals surface area (Å²) in [7, 11) is 4.39. The summed E-state index contributed by atoms with van der Waals surface area (Å²) in [4.78, 5) is 10.1. The molecule has 0 saturated heterocycles. The second-order valence-corrected chi connectivity index (χ2v) is 23.6. The Morgan fingerprint density at radius 2 is 1.06 bits per heavy atom. The number of nitrogens with one attached hydrogen (secondary N) is 2. The lowest BCUT2D eigenvalue weighted by atomic mass is 9.63. The molecule has 5 heterocycles. The van der Waals surface area contributed by atoms with Gasteiger partial charge in [0.2, 0.25) is 0 Å². The lowest BCUT2D eigenvalue weighted by Crippen LogP contribution is -2.26. The second kappa shape index (κ2) is 22.8. The van der Waals surface area contributed by atoms with Gasteiger partial charge in [-0.25, -0.2) is 4.98 Å². The fourth-order valence-electron chi connectivity index (χ4n) is 11.6. The Morgan fingerprint density at radius 3 is 1.69 bits per heavy atom. The highest BCUT2D eigenvalue weighted by Gasteiger charge is 2.34. The molecule has 2 aromatic heterocycles. The molecular weight excluding hydrogens is 1010 g/mol. The van der Waals surface area contributed by atoms with Crippen LogP contribution in [0.1, 0.15) is 87.4 Å². The Hall–Kier alpha value is -9.46. The number of anilines is 4. The number of ether oxygens (including phenoxy) is 1. The third-order valence-corrected chi connectivity index (χ3v) is 16.2. The molecule has 3 aliphatic heterocycles. The lowest BCUT2D eigenvalue weighted by molar-refractivity contribution is 0.479. The monoisotopic (exact) mass is 1080 g/mol. The van der Waals surface area contributed by atoms with Gasteiger partial charge in [-0.05, 0) is 142 Å². The maximum Gasteiger partial charge on any atom is 0.182 e. The van der Waals surface area contributed by atoms with E-state index in [1.54, 1.807) is 0 Å². The molecule has 12 rings (SSSR count). The van der Waals surface area contributed by atoms with E-state index in [0.717, 1.165) is 89.7 Å². The Labute approximate surface area is 491 Å². The molecule has 83 heavy (non-hydrogen) atoms. The van der Waals surface area contributed by atoms with Gasteiger partial charge in [0.05, 0.1) is 28.1 Å². The molecule has 0 atom stereocenters. The van der Waals surface area contributed by atoms with Crippen molar-refractivity contribution in [3.05, 3.63) is 300 Å². The average Bonchev–Trinajstić information content (AvgIpc) is 3.56. The van der Waals surface area contributed by atoms with Crippen LogP contribution in [0.5, 0.6) is 11.5 Å². The molecule has 3 aliphatic rings. The van der Waals surface area contributed by atoms with Crippen LogP contribution in [0, 0.1) is 0 Å². The molecule has 9 heteroatoms. The number of allylic oxidation sites excluding steroid dienone is 8. The Bertz CT molecular complexity index is 4040. The van der Waals surface area contributed by atoms with Crippen molar-refractivity contribution in [3.63, 3.8) is 0 Å². The van der Waals surface area contributed by atoms with Crippen LogP contribution in [-0.2, 0) is 16.2 Å². The van der Waals surface area contributed by atoms with Crippen molar-refractivity contribution in [3.8, 4) is 17.3 Å². The van der Waals surface area contributed by atoms with Crippen LogP contribution >= 0.6 is 0 Å². The lowest BCUT2D eigenvalue weighted by Gasteiger charge is -2.32. The first-order valence-corrected chi connectivity index (χ1v) is 28.7. The number of aromatic nitrogens is 2. The summed E-state index contributed by atoms with van der Waals surface area (Å²) in [6.07, 6.45) is 26.3. The third-order valence-electron chi connectivity index (χ3n) is 16.2. The van der Waals surface area contributed by atoms with Gasteiger partial charge in [-0.2, -0.15) is 0 Å². The summed E-state index contributed by atoms with van der Waals surface area (Å²) < 4.78 is 9.54. The number of rotatable bonds is 10. The van der Waals surface area contributed by atoms with Crippen LogP contribution in [0.3, 0.4) is 0 Å². The zero-order valence-electron chi connectivity index (χ0n) is 48.4. The minimum absolute atomic E-state index is 0.0471. The van der Waals surface area contributed by atoms with Gasteiger partial charge in [-0.3, -0.25) is 4.57 Å². The molecule has 0 unspecified atom stereocenters. The molecule has 7 aromatic carbocycles. The van der Waals surface area contributed by atoms with Crippen molar-refractivity contribution in [2.24, 2.45) is 0 Å². The Morgan fingerprint density at radius 1 is 0.458 bits per heavy atom. The molecule has 0 bridgehead atoms. The van der Waals surface area contributed by atoms with E-state index in [9.17, 15) is 0 Å². The summed E-state index contributed by atoms with van der Waals surface area (Å²) in [5, 5.41) is 8.82. The van der Waals surface area contributed by atoms with Crippen LogP contribution < -0.4 is 25.2 Å². The van der Waals surface area contributed by atoms with Gasteiger partial charge in [0.15, 0.2) is 14.6 Å². The Balaban J connectivity index is 0.978. The maximum atomic E-state index is 7.22. The molecule has 406 valence electrons. The van der Waals surface area contributed by atoms with Gasteiger partial charge >= 0.3 is 0 Å². The minimum Gasteiger partial charge on any atom is -0.457 e. The van der Waals surface area contributed by atoms with Crippen molar-refractivity contribution in [2.45, 2.75) is 64.7 Å². The smallest absolute Gasteiger partial charge is 0.182 e. The largest absolute Gasteiger partial charge is 0.457 e. The number of hydrogen-bond donors (Lipinski definition) is 2. The van der Waals surface area contributed by atoms with Crippen molar-refractivity contribution >= 4 is 70.1 Å². The number of para-hydroxylation sites is 3. The minimum atomic E-state index is -0.454. The number of fused-ring (bicyclic) bond motifs is 4. The predicted molar refractivity (Wildman–Crippen MR) is 352 cm³/mol. The fraction of sp³-hybridized carbons (Fsp3) is 0.149. The van der Waals surface area contributed by atoms with E-state index in [-0.39, 0.29) is 10.8 Å². The maximum absolute atomic E-state index is 7.22. The van der Waals surface area contributed by atoms with Gasteiger partial charge in [0.25, 0.3) is 0 Å². The second-order valence-electron chi connectivity index (χ2n) is 23.6. The zero-order valence-corrected chi connectivity index (χ0v) is 48.4. The molecule has 0 fully saturated rings. The number of nitrogens with zero attached hydrogens (tertiary/aromatic N) is 4. The van der Waals surface area contributed by atoms with Crippen LogP contribution in [-0.4, -0.2) is 30.8 Å². The van der Waals surface area contributed by atoms with Crippen molar-refractivity contribution in [2.75, 3.05) is 16.5 Å². The van der Waals surface area contributed by atoms with Crippen molar-refractivity contribution < 1.29 is 4.74 Å². The normalized spacial score (nSPS) is 18.2. The van der Waals surface area contributed by atoms with E-state index in [2.05, 4.69) is 306 Å². The predicted octanol–water partition coefficient (Wildman–Crippen LogP) is 17.5. The molecule has 7 nitrogen and oxygen atoms in total. The van der Waals surface area contributed by atoms with Gasteiger partial charge < -0.3 is 25.2 Å². The van der Waals surface area contributed by atoms with Gasteiger partial charge in [0.1, 0.15) is 24.0 Å². The molecule has 0 spiro atoms. The van der Waals surface area contributed by atoms with Gasteiger partial charge in [-0.15, -0.1) is 12.0 Å². The van der Waals surface area contributed by atoms with E-state index in [4.69, 9.17) is 9.72 Å². The number of benzene rings is 7. The Kier molecular flexibility index (Phi) is 14.9. The van der Waals surface area contributed by atoms with Crippen LogP contribution in [0.15, 0.2) is 261 Å². The van der Waals surface area contributed by atoms with Crippen LogP contribution in [0.25, 0.3) is 38.6 Å². The van der Waals surface area contributed by atoms with E-state index in [0.29, 0.717) is 6.67 Å². The molecular formula is C74H68B2N6O. The summed E-state index contributed by atoms with van der Waals surface area (Å²) in [6.45, 7) is 16.5. The van der Waals surface area contributed by atoms with Gasteiger partial charge in [0, 0.05) is 65.0 Å². The standard InChI is InChI=1S/C74H68B2N6O/c1-72(2,3)54-33-36-66-63(47-54)60-35-34-58(50-69(60)82(66)70-48-55(37-44-79-70)74(7,52-23-10-8-11-24-52)53-25-12-9-13-26-53)83-59-46-56(73(4,5)6)45-57(49-59)80-51-81(68-32-15-14-31-67(68)80)71-61(64-29-21-42-77-40-18-16-38-75-64)27-20-28-62(71)65-30-22-43-78-41-19-17-39-76-65/h8-50,77-78H,51H2,1-7H3/b38-16-,39-17-,40-18-,41-19-,42-21-,43-22-,64-29-,65-30-. The molecule has 2 N–H and O–H groups in total. The third kappa shape index (κ3) is 11.0. The highest BCUT2D eigenvalue weighted by atomic mass is 16.5. The van der Waals surface area contributed by atoms with E-state index >= 15 is 0 Å². The first kappa shape index (κ1) is 54.1. The highest BCUT2D eigenvalue weighted by Crippen LogP contribution is 2.50. The van der Waals surface area contributed by atoms with Crippen molar-refractivity contribution in [1.29, 1.82) is 0 Å². The number of hydrogen-bond acceptors (Lipinski definition) is 6. The van der Waals surface area contributed by atoms with E-state index in [1.807, 2.05) is 43.1 Å². The molecule has 0 aliphatic carbocycles. The number of pyridine rings is 1. The quantitative estimate of drug-likeness (QED) is 0.133. The van der Waals surface area contributed by atoms with Crippen molar-refractivity contribution in [1.82, 2.24) is 20.2 Å². The molecule has 0 amide bonds. The first-order valence-electron chi connectivity index (χ1n) is 28.7. The van der Waals surface area contributed by atoms with Gasteiger partial charge in [-0.1, -0.05) is 174 Å². The fourth-order valence-corrected chi connectivity index (χ4v) is 11.6. The van der Waals surface area contributed by atoms with E-state index in [1.165, 1.54) is 22.1 Å².